The highest BCUT2D eigenvalue weighted by molar-refractivity contribution is 6.09. The zero-order chi connectivity index (χ0) is 13.1. The molecule has 2 heteroatoms. The van der Waals surface area contributed by atoms with Crippen molar-refractivity contribution in [1.29, 1.82) is 0 Å². The Morgan fingerprint density at radius 3 is 2.00 bits per heavy atom. The molecule has 2 aromatic rings. The molecular weight excluding hydrogens is 222 g/mol. The fourth-order valence-corrected chi connectivity index (χ4v) is 2.06. The average molecular weight is 239 g/mol. The first-order valence-electron chi connectivity index (χ1n) is 6.02. The van der Waals surface area contributed by atoms with Crippen LogP contribution in [0.1, 0.15) is 32.6 Å². The minimum Gasteiger partial charge on any atom is -0.326 e. The second-order valence-electron chi connectivity index (χ2n) is 4.61. The van der Waals surface area contributed by atoms with E-state index in [1.54, 1.807) is 0 Å². The number of hydrogen-bond donors (Lipinski definition) is 1. The summed E-state index contributed by atoms with van der Waals surface area (Å²) in [6.45, 7) is 4.50. The number of aryl methyl sites for hydroxylation is 2. The smallest absolute Gasteiger partial charge is 0.193 e. The summed E-state index contributed by atoms with van der Waals surface area (Å²) in [5.41, 5.74) is 10.2. The molecule has 0 saturated heterocycles. The van der Waals surface area contributed by atoms with Crippen LogP contribution in [0.2, 0.25) is 0 Å². The lowest BCUT2D eigenvalue weighted by Crippen LogP contribution is -2.03. The van der Waals surface area contributed by atoms with Gasteiger partial charge in [-0.25, -0.2) is 0 Å². The molecule has 0 unspecified atom stereocenters. The fourth-order valence-electron chi connectivity index (χ4n) is 2.06. The molecule has 92 valence electrons. The zero-order valence-corrected chi connectivity index (χ0v) is 10.7. The Balaban J connectivity index is 2.34. The maximum atomic E-state index is 12.3. The quantitative estimate of drug-likeness (QED) is 0.837. The Morgan fingerprint density at radius 1 is 0.944 bits per heavy atom. The summed E-state index contributed by atoms with van der Waals surface area (Å²) in [7, 11) is 0. The fraction of sp³-hybridized carbons (Fsp3) is 0.188. The standard InChI is InChI=1S/C16H17NO/c1-11-7-12(2)9-15(8-11)16(18)14-5-3-13(10-17)4-6-14/h3-9H,10,17H2,1-2H3. The molecule has 0 aromatic heterocycles. The van der Waals surface area contributed by atoms with E-state index in [4.69, 9.17) is 5.73 Å². The summed E-state index contributed by atoms with van der Waals surface area (Å²) < 4.78 is 0. The van der Waals surface area contributed by atoms with Gasteiger partial charge in [-0.3, -0.25) is 4.79 Å². The normalized spacial score (nSPS) is 10.4. The molecule has 0 atom stereocenters. The summed E-state index contributed by atoms with van der Waals surface area (Å²) >= 11 is 0. The number of nitrogens with two attached hydrogens (primary N) is 1. The van der Waals surface area contributed by atoms with E-state index >= 15 is 0 Å². The van der Waals surface area contributed by atoms with Crippen LogP contribution >= 0.6 is 0 Å². The van der Waals surface area contributed by atoms with E-state index in [1.165, 1.54) is 0 Å². The van der Waals surface area contributed by atoms with Crippen molar-refractivity contribution in [1.82, 2.24) is 0 Å². The number of ketones is 1. The molecule has 0 heterocycles. The van der Waals surface area contributed by atoms with Crippen molar-refractivity contribution in [3.8, 4) is 0 Å². The Morgan fingerprint density at radius 2 is 1.50 bits per heavy atom. The van der Waals surface area contributed by atoms with Crippen molar-refractivity contribution in [3.63, 3.8) is 0 Å². The maximum Gasteiger partial charge on any atom is 0.193 e. The minimum absolute atomic E-state index is 0.0605. The van der Waals surface area contributed by atoms with Gasteiger partial charge in [0.1, 0.15) is 0 Å². The molecule has 2 rings (SSSR count). The number of rotatable bonds is 3. The van der Waals surface area contributed by atoms with Crippen LogP contribution in [0.15, 0.2) is 42.5 Å². The molecular formula is C16H17NO. The second-order valence-corrected chi connectivity index (χ2v) is 4.61. The topological polar surface area (TPSA) is 43.1 Å². The second kappa shape index (κ2) is 5.15. The molecule has 2 aromatic carbocycles. The van der Waals surface area contributed by atoms with Crippen molar-refractivity contribution in [2.75, 3.05) is 0 Å². The first-order chi connectivity index (χ1) is 8.60. The highest BCUT2D eigenvalue weighted by atomic mass is 16.1. The van der Waals surface area contributed by atoms with Crippen LogP contribution in [-0.4, -0.2) is 5.78 Å². The number of carbonyl (C=O) groups excluding carboxylic acids is 1. The van der Waals surface area contributed by atoms with Gasteiger partial charge in [-0.2, -0.15) is 0 Å². The highest BCUT2D eigenvalue weighted by Gasteiger charge is 2.09. The lowest BCUT2D eigenvalue weighted by molar-refractivity contribution is 0.103. The molecule has 0 radical (unpaired) electrons. The van der Waals surface area contributed by atoms with Crippen LogP contribution in [0.5, 0.6) is 0 Å². The van der Waals surface area contributed by atoms with Crippen LogP contribution in [0, 0.1) is 13.8 Å². The highest BCUT2D eigenvalue weighted by Crippen LogP contribution is 2.14. The molecule has 2 N–H and O–H groups in total. The summed E-state index contributed by atoms with van der Waals surface area (Å²) in [6, 6.07) is 13.4. The molecule has 0 bridgehead atoms. The third kappa shape index (κ3) is 2.66. The predicted octanol–water partition coefficient (Wildman–Crippen LogP) is 2.99. The number of benzene rings is 2. The molecule has 0 spiro atoms. The minimum atomic E-state index is 0.0605. The van der Waals surface area contributed by atoms with Crippen LogP contribution < -0.4 is 5.73 Å². The molecule has 0 aliphatic heterocycles. The van der Waals surface area contributed by atoms with E-state index in [0.717, 1.165) is 22.3 Å². The lowest BCUT2D eigenvalue weighted by Gasteiger charge is -2.05. The van der Waals surface area contributed by atoms with Crippen molar-refractivity contribution in [3.05, 3.63) is 70.3 Å². The van der Waals surface area contributed by atoms with E-state index in [-0.39, 0.29) is 5.78 Å². The Kier molecular flexibility index (Phi) is 3.58. The molecule has 0 aliphatic rings. The summed E-state index contributed by atoms with van der Waals surface area (Å²) in [5.74, 6) is 0.0605. The van der Waals surface area contributed by atoms with Gasteiger partial charge < -0.3 is 5.73 Å². The summed E-state index contributed by atoms with van der Waals surface area (Å²) in [4.78, 5) is 12.3. The summed E-state index contributed by atoms with van der Waals surface area (Å²) in [6.07, 6.45) is 0. The van der Waals surface area contributed by atoms with Gasteiger partial charge in [-0.1, -0.05) is 41.5 Å². The van der Waals surface area contributed by atoms with Gasteiger partial charge in [0.15, 0.2) is 5.78 Å². The van der Waals surface area contributed by atoms with E-state index in [1.807, 2.05) is 50.2 Å². The molecule has 0 aliphatic carbocycles. The van der Waals surface area contributed by atoms with Crippen molar-refractivity contribution in [2.24, 2.45) is 5.73 Å². The first kappa shape index (κ1) is 12.5. The Labute approximate surface area is 107 Å². The zero-order valence-electron chi connectivity index (χ0n) is 10.7. The van der Waals surface area contributed by atoms with Gasteiger partial charge in [-0.15, -0.1) is 0 Å². The van der Waals surface area contributed by atoms with Crippen molar-refractivity contribution >= 4 is 5.78 Å². The molecule has 18 heavy (non-hydrogen) atoms. The van der Waals surface area contributed by atoms with Gasteiger partial charge in [0, 0.05) is 17.7 Å². The van der Waals surface area contributed by atoms with Gasteiger partial charge in [-0.05, 0) is 31.5 Å². The van der Waals surface area contributed by atoms with Crippen LogP contribution in [0.4, 0.5) is 0 Å². The molecule has 2 nitrogen and oxygen atoms in total. The maximum absolute atomic E-state index is 12.3. The van der Waals surface area contributed by atoms with Crippen LogP contribution in [0.3, 0.4) is 0 Å². The average Bonchev–Trinajstić information content (AvgIpc) is 2.37. The van der Waals surface area contributed by atoms with E-state index in [2.05, 4.69) is 6.07 Å². The van der Waals surface area contributed by atoms with E-state index in [0.29, 0.717) is 12.1 Å². The van der Waals surface area contributed by atoms with Gasteiger partial charge in [0.05, 0.1) is 0 Å². The van der Waals surface area contributed by atoms with E-state index < -0.39 is 0 Å². The largest absolute Gasteiger partial charge is 0.326 e. The molecule has 0 fully saturated rings. The molecule has 0 saturated carbocycles. The third-order valence-electron chi connectivity index (χ3n) is 2.94. The number of hydrogen-bond acceptors (Lipinski definition) is 2. The monoisotopic (exact) mass is 239 g/mol. The van der Waals surface area contributed by atoms with Crippen LogP contribution in [-0.2, 0) is 6.54 Å². The van der Waals surface area contributed by atoms with Crippen LogP contribution in [0.25, 0.3) is 0 Å². The summed E-state index contributed by atoms with van der Waals surface area (Å²) in [5, 5.41) is 0. The van der Waals surface area contributed by atoms with Gasteiger partial charge in [0.25, 0.3) is 0 Å². The third-order valence-corrected chi connectivity index (χ3v) is 2.94. The first-order valence-corrected chi connectivity index (χ1v) is 6.02. The van der Waals surface area contributed by atoms with Gasteiger partial charge >= 0.3 is 0 Å². The van der Waals surface area contributed by atoms with Gasteiger partial charge in [0.2, 0.25) is 0 Å². The Bertz CT molecular complexity index is 550. The lowest BCUT2D eigenvalue weighted by atomic mass is 9.99. The van der Waals surface area contributed by atoms with Crippen molar-refractivity contribution in [2.45, 2.75) is 20.4 Å². The Hall–Kier alpha value is -1.93. The number of carbonyl (C=O) groups is 1. The van der Waals surface area contributed by atoms with Crippen molar-refractivity contribution < 1.29 is 4.79 Å². The SMILES string of the molecule is Cc1cc(C)cc(C(=O)c2ccc(CN)cc2)c1. The molecule has 0 amide bonds. The van der Waals surface area contributed by atoms with E-state index in [9.17, 15) is 4.79 Å². The predicted molar refractivity (Wildman–Crippen MR) is 73.7 cm³/mol.